The standard InChI is InChI=1S/C24H31N3O4/c1-4-31-24(29)27-14-12-19(13-15-27)25-22(18-8-6-5-7-9-18)23(28)26-20-16-17(2)10-11-21(20)30-3/h5-11,16,19,22,25H,4,12-15H2,1-3H3,(H,26,28). The monoisotopic (exact) mass is 425 g/mol. The van der Waals surface area contributed by atoms with Crippen molar-refractivity contribution in [2.45, 2.75) is 38.8 Å². The van der Waals surface area contributed by atoms with E-state index in [1.165, 1.54) is 0 Å². The first-order chi connectivity index (χ1) is 15.0. The lowest BCUT2D eigenvalue weighted by atomic mass is 10.00. The van der Waals surface area contributed by atoms with Gasteiger partial charge in [0.1, 0.15) is 11.8 Å². The summed E-state index contributed by atoms with van der Waals surface area (Å²) in [5.41, 5.74) is 2.57. The minimum absolute atomic E-state index is 0.112. The van der Waals surface area contributed by atoms with Crippen LogP contribution in [-0.4, -0.2) is 49.7 Å². The van der Waals surface area contributed by atoms with Crippen molar-refractivity contribution in [3.05, 3.63) is 59.7 Å². The number of ether oxygens (including phenoxy) is 2. The van der Waals surface area contributed by atoms with Crippen LogP contribution in [0.3, 0.4) is 0 Å². The summed E-state index contributed by atoms with van der Waals surface area (Å²) in [6.07, 6.45) is 1.23. The van der Waals surface area contributed by atoms with E-state index in [9.17, 15) is 9.59 Å². The summed E-state index contributed by atoms with van der Waals surface area (Å²) in [4.78, 5) is 27.0. The Morgan fingerprint density at radius 1 is 1.13 bits per heavy atom. The van der Waals surface area contributed by atoms with Gasteiger partial charge in [0.05, 0.1) is 19.4 Å². The molecule has 2 aromatic carbocycles. The molecule has 1 atom stereocenters. The summed E-state index contributed by atoms with van der Waals surface area (Å²) in [7, 11) is 1.59. The number of amides is 2. The molecule has 0 bridgehead atoms. The first kappa shape index (κ1) is 22.6. The number of hydrogen-bond acceptors (Lipinski definition) is 5. The van der Waals surface area contributed by atoms with Crippen LogP contribution in [0.5, 0.6) is 5.75 Å². The van der Waals surface area contributed by atoms with Crippen LogP contribution in [0.25, 0.3) is 0 Å². The smallest absolute Gasteiger partial charge is 0.409 e. The third kappa shape index (κ3) is 5.98. The Morgan fingerprint density at radius 3 is 2.48 bits per heavy atom. The minimum Gasteiger partial charge on any atom is -0.495 e. The number of nitrogens with zero attached hydrogens (tertiary/aromatic N) is 1. The molecule has 7 nitrogen and oxygen atoms in total. The van der Waals surface area contributed by atoms with Gasteiger partial charge in [-0.2, -0.15) is 0 Å². The molecule has 2 aromatic rings. The number of carbonyl (C=O) groups excluding carboxylic acids is 2. The summed E-state index contributed by atoms with van der Waals surface area (Å²) >= 11 is 0. The van der Waals surface area contributed by atoms with Crippen LogP contribution >= 0.6 is 0 Å². The molecule has 7 heteroatoms. The maximum absolute atomic E-state index is 13.3. The largest absolute Gasteiger partial charge is 0.495 e. The molecule has 31 heavy (non-hydrogen) atoms. The number of benzene rings is 2. The van der Waals surface area contributed by atoms with Gasteiger partial charge in [-0.3, -0.25) is 10.1 Å². The first-order valence-corrected chi connectivity index (χ1v) is 10.7. The van der Waals surface area contributed by atoms with Crippen molar-refractivity contribution in [1.29, 1.82) is 0 Å². The highest BCUT2D eigenvalue weighted by Crippen LogP contribution is 2.27. The molecular formula is C24H31N3O4. The second-order valence-corrected chi connectivity index (χ2v) is 7.66. The third-order valence-electron chi connectivity index (χ3n) is 5.43. The molecule has 1 saturated heterocycles. The van der Waals surface area contributed by atoms with Crippen molar-refractivity contribution >= 4 is 17.7 Å². The average molecular weight is 426 g/mol. The molecule has 0 saturated carbocycles. The van der Waals surface area contributed by atoms with E-state index >= 15 is 0 Å². The van der Waals surface area contributed by atoms with Gasteiger partial charge in [0.25, 0.3) is 0 Å². The van der Waals surface area contributed by atoms with E-state index in [0.29, 0.717) is 31.1 Å². The van der Waals surface area contributed by atoms with Crippen LogP contribution in [0.4, 0.5) is 10.5 Å². The van der Waals surface area contributed by atoms with E-state index in [2.05, 4.69) is 10.6 Å². The average Bonchev–Trinajstić information content (AvgIpc) is 2.78. The van der Waals surface area contributed by atoms with Crippen LogP contribution < -0.4 is 15.4 Å². The van der Waals surface area contributed by atoms with E-state index in [0.717, 1.165) is 24.0 Å². The van der Waals surface area contributed by atoms with Crippen molar-refractivity contribution in [2.24, 2.45) is 0 Å². The Bertz CT molecular complexity index is 880. The molecule has 1 aliphatic rings. The molecule has 1 fully saturated rings. The third-order valence-corrected chi connectivity index (χ3v) is 5.43. The zero-order valence-corrected chi connectivity index (χ0v) is 18.4. The predicted octanol–water partition coefficient (Wildman–Crippen LogP) is 3.89. The van der Waals surface area contributed by atoms with Gasteiger partial charge in [-0.05, 0) is 49.9 Å². The van der Waals surface area contributed by atoms with Gasteiger partial charge in [-0.1, -0.05) is 36.4 Å². The highest BCUT2D eigenvalue weighted by molar-refractivity contribution is 5.96. The number of likely N-dealkylation sites (tertiary alicyclic amines) is 1. The molecule has 2 N–H and O–H groups in total. The number of aryl methyl sites for hydroxylation is 1. The fourth-order valence-corrected chi connectivity index (χ4v) is 3.77. The van der Waals surface area contributed by atoms with Crippen LogP contribution in [-0.2, 0) is 9.53 Å². The number of carbonyl (C=O) groups is 2. The number of nitrogens with one attached hydrogen (secondary N) is 2. The van der Waals surface area contributed by atoms with Crippen molar-refractivity contribution in [3.8, 4) is 5.75 Å². The maximum Gasteiger partial charge on any atom is 0.409 e. The number of hydrogen-bond donors (Lipinski definition) is 2. The molecule has 1 unspecified atom stereocenters. The highest BCUT2D eigenvalue weighted by Gasteiger charge is 2.29. The molecule has 2 amide bonds. The topological polar surface area (TPSA) is 79.9 Å². The van der Waals surface area contributed by atoms with Gasteiger partial charge in [-0.15, -0.1) is 0 Å². The molecule has 1 aliphatic heterocycles. The van der Waals surface area contributed by atoms with Crippen LogP contribution in [0.1, 0.15) is 36.9 Å². The van der Waals surface area contributed by atoms with Gasteiger partial charge < -0.3 is 19.7 Å². The Balaban J connectivity index is 1.72. The molecule has 0 spiro atoms. The summed E-state index contributed by atoms with van der Waals surface area (Å²) in [5, 5.41) is 6.53. The summed E-state index contributed by atoms with van der Waals surface area (Å²) in [6.45, 7) is 5.35. The molecule has 3 rings (SSSR count). The Hall–Kier alpha value is -3.06. The highest BCUT2D eigenvalue weighted by atomic mass is 16.6. The fraction of sp³-hybridized carbons (Fsp3) is 0.417. The summed E-state index contributed by atoms with van der Waals surface area (Å²) < 4.78 is 10.5. The lowest BCUT2D eigenvalue weighted by Crippen LogP contribution is -2.47. The van der Waals surface area contributed by atoms with E-state index < -0.39 is 6.04 Å². The second-order valence-electron chi connectivity index (χ2n) is 7.66. The van der Waals surface area contributed by atoms with Crippen molar-refractivity contribution < 1.29 is 19.1 Å². The minimum atomic E-state index is -0.523. The molecule has 0 aliphatic carbocycles. The van der Waals surface area contributed by atoms with Crippen molar-refractivity contribution in [3.63, 3.8) is 0 Å². The van der Waals surface area contributed by atoms with Gasteiger partial charge in [0.15, 0.2) is 0 Å². The molecule has 166 valence electrons. The summed E-state index contributed by atoms with van der Waals surface area (Å²) in [5.74, 6) is 0.469. The Labute approximate surface area is 183 Å². The van der Waals surface area contributed by atoms with Crippen LogP contribution in [0.2, 0.25) is 0 Å². The molecule has 0 aromatic heterocycles. The first-order valence-electron chi connectivity index (χ1n) is 10.7. The van der Waals surface area contributed by atoms with E-state index in [1.54, 1.807) is 18.9 Å². The lowest BCUT2D eigenvalue weighted by molar-refractivity contribution is -0.118. The number of anilines is 1. The van der Waals surface area contributed by atoms with Gasteiger partial charge in [0, 0.05) is 19.1 Å². The normalized spacial score (nSPS) is 15.3. The quantitative estimate of drug-likeness (QED) is 0.703. The van der Waals surface area contributed by atoms with Gasteiger partial charge in [-0.25, -0.2) is 4.79 Å². The van der Waals surface area contributed by atoms with E-state index in [1.807, 2.05) is 55.5 Å². The Kier molecular flexibility index (Phi) is 7.89. The fourth-order valence-electron chi connectivity index (χ4n) is 3.77. The van der Waals surface area contributed by atoms with E-state index in [-0.39, 0.29) is 18.0 Å². The molecule has 1 heterocycles. The van der Waals surface area contributed by atoms with Crippen molar-refractivity contribution in [1.82, 2.24) is 10.2 Å². The second kappa shape index (κ2) is 10.8. The van der Waals surface area contributed by atoms with E-state index in [4.69, 9.17) is 9.47 Å². The zero-order valence-electron chi connectivity index (χ0n) is 18.4. The van der Waals surface area contributed by atoms with Gasteiger partial charge >= 0.3 is 6.09 Å². The number of rotatable bonds is 7. The summed E-state index contributed by atoms with van der Waals surface area (Å²) in [6, 6.07) is 14.9. The SMILES string of the molecule is CCOC(=O)N1CCC(NC(C(=O)Nc2cc(C)ccc2OC)c2ccccc2)CC1. The molecular weight excluding hydrogens is 394 g/mol. The van der Waals surface area contributed by atoms with Gasteiger partial charge in [0.2, 0.25) is 5.91 Å². The van der Waals surface area contributed by atoms with Crippen LogP contribution in [0, 0.1) is 6.92 Å². The number of methoxy groups -OCH3 is 1. The maximum atomic E-state index is 13.3. The zero-order chi connectivity index (χ0) is 22.2. The van der Waals surface area contributed by atoms with Crippen LogP contribution in [0.15, 0.2) is 48.5 Å². The Morgan fingerprint density at radius 2 is 1.84 bits per heavy atom. The predicted molar refractivity (Wildman–Crippen MR) is 120 cm³/mol. The number of piperidine rings is 1. The molecule has 0 radical (unpaired) electrons. The lowest BCUT2D eigenvalue weighted by Gasteiger charge is -2.33. The van der Waals surface area contributed by atoms with Crippen molar-refractivity contribution in [2.75, 3.05) is 32.1 Å².